The van der Waals surface area contributed by atoms with Gasteiger partial charge in [-0.1, -0.05) is 12.1 Å². The molecule has 4 nitrogen and oxygen atoms in total. The van der Waals surface area contributed by atoms with Crippen LogP contribution in [0.5, 0.6) is 0 Å². The minimum atomic E-state index is 0.00377. The highest BCUT2D eigenvalue weighted by Gasteiger charge is 2.20. The normalized spacial score (nSPS) is 18.5. The minimum absolute atomic E-state index is 0.00377. The predicted octanol–water partition coefficient (Wildman–Crippen LogP) is 1.59. The zero-order valence-electron chi connectivity index (χ0n) is 11.2. The van der Waals surface area contributed by atoms with E-state index >= 15 is 0 Å². The first-order valence-corrected chi connectivity index (χ1v) is 6.58. The summed E-state index contributed by atoms with van der Waals surface area (Å²) >= 11 is 0. The van der Waals surface area contributed by atoms with Gasteiger partial charge in [0.2, 0.25) is 0 Å². The molecule has 0 spiro atoms. The Labute approximate surface area is 114 Å². The van der Waals surface area contributed by atoms with Gasteiger partial charge in [0, 0.05) is 32.7 Å². The molecule has 19 heavy (non-hydrogen) atoms. The second kappa shape index (κ2) is 6.33. The maximum atomic E-state index is 8.91. The first kappa shape index (κ1) is 13.5. The number of nitrogens with zero attached hydrogens (tertiary/aromatic N) is 4. The summed E-state index contributed by atoms with van der Waals surface area (Å²) in [5.41, 5.74) is 1.90. The lowest BCUT2D eigenvalue weighted by Gasteiger charge is -2.35. The molecule has 0 saturated carbocycles. The van der Waals surface area contributed by atoms with Crippen molar-refractivity contribution in [3.63, 3.8) is 0 Å². The molecule has 2 rings (SSSR count). The fraction of sp³-hybridized carbons (Fsp3) is 0.467. The summed E-state index contributed by atoms with van der Waals surface area (Å²) in [5.74, 6) is 0. The van der Waals surface area contributed by atoms with E-state index in [1.807, 2.05) is 25.1 Å². The summed E-state index contributed by atoms with van der Waals surface area (Å²) in [4.78, 5) is 4.58. The molecule has 1 atom stereocenters. The topological polar surface area (TPSA) is 54.1 Å². The van der Waals surface area contributed by atoms with Crippen LogP contribution >= 0.6 is 0 Å². The first-order valence-electron chi connectivity index (χ1n) is 6.58. The zero-order chi connectivity index (χ0) is 13.7. The van der Waals surface area contributed by atoms with Crippen LogP contribution in [0, 0.1) is 22.7 Å². The Hall–Kier alpha value is -1.88. The van der Waals surface area contributed by atoms with Crippen LogP contribution in [0.25, 0.3) is 0 Å². The maximum absolute atomic E-state index is 8.91. The van der Waals surface area contributed by atoms with Crippen molar-refractivity contribution in [3.8, 4) is 12.1 Å². The molecule has 4 heteroatoms. The molecule has 1 heterocycles. The van der Waals surface area contributed by atoms with Crippen molar-refractivity contribution in [2.24, 2.45) is 0 Å². The molecule has 1 aliphatic heterocycles. The standard InChI is InChI=1S/C15H18N4/c1-13(10-16)19-7-5-18(6-8-19)12-15-4-2-3-14(9-15)11-17/h2-4,9,13H,5-8,12H2,1H3. The third-order valence-electron chi connectivity index (χ3n) is 3.60. The van der Waals surface area contributed by atoms with E-state index in [2.05, 4.69) is 28.0 Å². The highest BCUT2D eigenvalue weighted by molar-refractivity contribution is 5.32. The van der Waals surface area contributed by atoms with Crippen molar-refractivity contribution in [1.29, 1.82) is 10.5 Å². The van der Waals surface area contributed by atoms with Crippen LogP contribution in [0.3, 0.4) is 0 Å². The minimum Gasteiger partial charge on any atom is -0.297 e. The Morgan fingerprint density at radius 3 is 2.58 bits per heavy atom. The second-order valence-corrected chi connectivity index (χ2v) is 4.93. The summed E-state index contributed by atoms with van der Waals surface area (Å²) < 4.78 is 0. The molecule has 1 aliphatic rings. The summed E-state index contributed by atoms with van der Waals surface area (Å²) in [5, 5.41) is 17.8. The van der Waals surface area contributed by atoms with Crippen LogP contribution in [0.2, 0.25) is 0 Å². The fourth-order valence-electron chi connectivity index (χ4n) is 2.39. The molecule has 1 aromatic carbocycles. The van der Waals surface area contributed by atoms with Gasteiger partial charge in [0.25, 0.3) is 0 Å². The van der Waals surface area contributed by atoms with E-state index in [0.717, 1.165) is 32.7 Å². The molecule has 0 N–H and O–H groups in total. The molecule has 0 aliphatic carbocycles. The van der Waals surface area contributed by atoms with Gasteiger partial charge < -0.3 is 0 Å². The van der Waals surface area contributed by atoms with Crippen LogP contribution in [0.4, 0.5) is 0 Å². The van der Waals surface area contributed by atoms with E-state index in [1.165, 1.54) is 5.56 Å². The maximum Gasteiger partial charge on any atom is 0.0991 e. The summed E-state index contributed by atoms with van der Waals surface area (Å²) in [6.07, 6.45) is 0. The van der Waals surface area contributed by atoms with E-state index in [1.54, 1.807) is 0 Å². The van der Waals surface area contributed by atoms with E-state index < -0.39 is 0 Å². The van der Waals surface area contributed by atoms with Gasteiger partial charge in [-0.15, -0.1) is 0 Å². The summed E-state index contributed by atoms with van der Waals surface area (Å²) in [7, 11) is 0. The number of hydrogen-bond donors (Lipinski definition) is 0. The Kier molecular flexibility index (Phi) is 4.52. The Bertz CT molecular complexity index is 504. The van der Waals surface area contributed by atoms with E-state index in [4.69, 9.17) is 10.5 Å². The van der Waals surface area contributed by atoms with Gasteiger partial charge in [-0.05, 0) is 24.6 Å². The molecule has 0 aromatic heterocycles. The molecule has 98 valence electrons. The SMILES string of the molecule is CC(C#N)N1CCN(Cc2cccc(C#N)c2)CC1. The summed E-state index contributed by atoms with van der Waals surface area (Å²) in [6.45, 7) is 6.65. The Balaban J connectivity index is 1.89. The number of rotatable bonds is 3. The molecule has 1 saturated heterocycles. The third kappa shape index (κ3) is 3.54. The quantitative estimate of drug-likeness (QED) is 0.822. The predicted molar refractivity (Wildman–Crippen MR) is 73.1 cm³/mol. The van der Waals surface area contributed by atoms with E-state index in [0.29, 0.717) is 5.56 Å². The largest absolute Gasteiger partial charge is 0.297 e. The van der Waals surface area contributed by atoms with Crippen molar-refractivity contribution in [1.82, 2.24) is 9.80 Å². The highest BCUT2D eigenvalue weighted by atomic mass is 15.3. The van der Waals surface area contributed by atoms with Crippen LogP contribution in [0.1, 0.15) is 18.1 Å². The molecular formula is C15H18N4. The average molecular weight is 254 g/mol. The fourth-order valence-corrected chi connectivity index (χ4v) is 2.39. The number of benzene rings is 1. The lowest BCUT2D eigenvalue weighted by Crippen LogP contribution is -2.48. The van der Waals surface area contributed by atoms with E-state index in [-0.39, 0.29) is 6.04 Å². The van der Waals surface area contributed by atoms with Crippen LogP contribution < -0.4 is 0 Å². The van der Waals surface area contributed by atoms with Crippen LogP contribution in [0.15, 0.2) is 24.3 Å². The zero-order valence-corrected chi connectivity index (χ0v) is 11.2. The Morgan fingerprint density at radius 1 is 1.21 bits per heavy atom. The molecule has 0 bridgehead atoms. The highest BCUT2D eigenvalue weighted by Crippen LogP contribution is 2.11. The van der Waals surface area contributed by atoms with Crippen LogP contribution in [-0.4, -0.2) is 42.0 Å². The van der Waals surface area contributed by atoms with Gasteiger partial charge in [-0.3, -0.25) is 9.80 Å². The molecule has 1 fully saturated rings. The lowest BCUT2D eigenvalue weighted by atomic mass is 10.1. The monoisotopic (exact) mass is 254 g/mol. The summed E-state index contributed by atoms with van der Waals surface area (Å²) in [6, 6.07) is 12.2. The van der Waals surface area contributed by atoms with Gasteiger partial charge in [0.1, 0.15) is 0 Å². The molecule has 1 aromatic rings. The van der Waals surface area contributed by atoms with Gasteiger partial charge >= 0.3 is 0 Å². The van der Waals surface area contributed by atoms with Gasteiger partial charge in [0.05, 0.1) is 23.7 Å². The lowest BCUT2D eigenvalue weighted by molar-refractivity contribution is 0.114. The smallest absolute Gasteiger partial charge is 0.0991 e. The number of hydrogen-bond acceptors (Lipinski definition) is 4. The third-order valence-corrected chi connectivity index (χ3v) is 3.60. The number of piperazine rings is 1. The van der Waals surface area contributed by atoms with Crippen molar-refractivity contribution in [3.05, 3.63) is 35.4 Å². The molecule has 1 unspecified atom stereocenters. The Morgan fingerprint density at radius 2 is 1.95 bits per heavy atom. The number of nitriles is 2. The molecular weight excluding hydrogens is 236 g/mol. The second-order valence-electron chi connectivity index (χ2n) is 4.93. The van der Waals surface area contributed by atoms with Crippen LogP contribution in [-0.2, 0) is 6.54 Å². The van der Waals surface area contributed by atoms with Crippen molar-refractivity contribution in [2.45, 2.75) is 19.5 Å². The van der Waals surface area contributed by atoms with Gasteiger partial charge in [-0.25, -0.2) is 0 Å². The average Bonchev–Trinajstić information content (AvgIpc) is 2.47. The van der Waals surface area contributed by atoms with Crippen molar-refractivity contribution >= 4 is 0 Å². The van der Waals surface area contributed by atoms with Gasteiger partial charge in [-0.2, -0.15) is 10.5 Å². The van der Waals surface area contributed by atoms with Gasteiger partial charge in [0.15, 0.2) is 0 Å². The molecule has 0 amide bonds. The first-order chi connectivity index (χ1) is 9.22. The molecule has 0 radical (unpaired) electrons. The van der Waals surface area contributed by atoms with Crippen molar-refractivity contribution < 1.29 is 0 Å². The van der Waals surface area contributed by atoms with Crippen molar-refractivity contribution in [2.75, 3.05) is 26.2 Å². The van der Waals surface area contributed by atoms with E-state index in [9.17, 15) is 0 Å².